The van der Waals surface area contributed by atoms with Gasteiger partial charge in [-0.05, 0) is 12.1 Å². The predicted octanol–water partition coefficient (Wildman–Crippen LogP) is 1.50. The second-order valence-electron chi connectivity index (χ2n) is 3.05. The van der Waals surface area contributed by atoms with Crippen LogP contribution in [0.4, 0.5) is 5.69 Å². The molecule has 1 aromatic heterocycles. The van der Waals surface area contributed by atoms with Crippen LogP contribution in [0.25, 0.3) is 0 Å². The van der Waals surface area contributed by atoms with Crippen LogP contribution in [0.5, 0.6) is 0 Å². The number of nitrogens with zero attached hydrogens (tertiary/aromatic N) is 2. The van der Waals surface area contributed by atoms with Gasteiger partial charge in [-0.25, -0.2) is 5.01 Å². The van der Waals surface area contributed by atoms with Crippen LogP contribution >= 0.6 is 22.6 Å². The summed E-state index contributed by atoms with van der Waals surface area (Å²) in [6.07, 6.45) is 3.57. The van der Waals surface area contributed by atoms with Crippen LogP contribution in [0.15, 0.2) is 24.5 Å². The molecule has 4 nitrogen and oxygen atoms in total. The highest BCUT2D eigenvalue weighted by atomic mass is 127. The average Bonchev–Trinajstić information content (AvgIpc) is 2.23. The molecule has 0 saturated carbocycles. The zero-order chi connectivity index (χ0) is 9.80. The lowest BCUT2D eigenvalue weighted by molar-refractivity contribution is 0.0426. The Morgan fingerprint density at radius 1 is 1.50 bits per heavy atom. The van der Waals surface area contributed by atoms with E-state index in [-0.39, 0.29) is 0 Å². The highest BCUT2D eigenvalue weighted by molar-refractivity contribution is 14.1. The Morgan fingerprint density at radius 2 is 2.29 bits per heavy atom. The van der Waals surface area contributed by atoms with Crippen LogP contribution in [0, 0.1) is 0 Å². The summed E-state index contributed by atoms with van der Waals surface area (Å²) >= 11 is 2.37. The van der Waals surface area contributed by atoms with E-state index >= 15 is 0 Å². The molecule has 0 aliphatic carbocycles. The maximum absolute atomic E-state index is 5.35. The molecular weight excluding hydrogens is 293 g/mol. The number of rotatable bonds is 2. The number of hydrogen-bond acceptors (Lipinski definition) is 4. The van der Waals surface area contributed by atoms with Gasteiger partial charge in [0.25, 0.3) is 0 Å². The van der Waals surface area contributed by atoms with Crippen molar-refractivity contribution < 1.29 is 4.74 Å². The number of aromatic nitrogens is 1. The molecule has 1 saturated heterocycles. The van der Waals surface area contributed by atoms with E-state index in [9.17, 15) is 0 Å². The fraction of sp³-hybridized carbons (Fsp3) is 0.444. The maximum atomic E-state index is 5.35. The van der Waals surface area contributed by atoms with E-state index in [4.69, 9.17) is 4.74 Å². The molecular formula is C9H12IN3O. The van der Waals surface area contributed by atoms with Gasteiger partial charge in [0.2, 0.25) is 0 Å². The van der Waals surface area contributed by atoms with Gasteiger partial charge < -0.3 is 10.2 Å². The minimum absolute atomic E-state index is 0.384. The van der Waals surface area contributed by atoms with Crippen molar-refractivity contribution in [2.75, 3.05) is 25.2 Å². The SMILES string of the molecule is IC1COCCN1Nc1ccncc1. The Kier molecular flexibility index (Phi) is 3.55. The molecule has 0 bridgehead atoms. The highest BCUT2D eigenvalue weighted by Gasteiger charge is 2.19. The first-order valence-corrected chi connectivity index (χ1v) is 5.76. The highest BCUT2D eigenvalue weighted by Crippen LogP contribution is 2.15. The zero-order valence-corrected chi connectivity index (χ0v) is 9.85. The second-order valence-corrected chi connectivity index (χ2v) is 4.49. The Hall–Kier alpha value is -0.400. The van der Waals surface area contributed by atoms with Gasteiger partial charge in [0.1, 0.15) is 4.05 Å². The Bertz CT molecular complexity index is 283. The number of anilines is 1. The molecule has 2 rings (SSSR count). The Balaban J connectivity index is 1.96. The number of hydrazine groups is 1. The summed E-state index contributed by atoms with van der Waals surface area (Å²) in [4.78, 5) is 3.97. The van der Waals surface area contributed by atoms with Gasteiger partial charge in [0.05, 0.1) is 18.9 Å². The molecule has 0 aromatic carbocycles. The molecule has 1 aliphatic heterocycles. The van der Waals surface area contributed by atoms with E-state index in [1.54, 1.807) is 12.4 Å². The summed E-state index contributed by atoms with van der Waals surface area (Å²) in [5.74, 6) is 0. The summed E-state index contributed by atoms with van der Waals surface area (Å²) in [5, 5.41) is 2.18. The number of hydrogen-bond donors (Lipinski definition) is 1. The smallest absolute Gasteiger partial charge is 0.104 e. The molecule has 5 heteroatoms. The van der Waals surface area contributed by atoms with Gasteiger partial charge in [-0.1, -0.05) is 22.6 Å². The predicted molar refractivity (Wildman–Crippen MR) is 63.2 cm³/mol. The van der Waals surface area contributed by atoms with Crippen LogP contribution in [-0.4, -0.2) is 33.8 Å². The van der Waals surface area contributed by atoms with Gasteiger partial charge in [0.15, 0.2) is 0 Å². The van der Waals surface area contributed by atoms with Gasteiger partial charge in [0, 0.05) is 18.9 Å². The van der Waals surface area contributed by atoms with E-state index < -0.39 is 0 Å². The van der Waals surface area contributed by atoms with Crippen molar-refractivity contribution in [2.24, 2.45) is 0 Å². The molecule has 0 spiro atoms. The van der Waals surface area contributed by atoms with Gasteiger partial charge >= 0.3 is 0 Å². The monoisotopic (exact) mass is 305 g/mol. The lowest BCUT2D eigenvalue weighted by atomic mass is 10.4. The van der Waals surface area contributed by atoms with E-state index in [2.05, 4.69) is 38.0 Å². The average molecular weight is 305 g/mol. The Morgan fingerprint density at radius 3 is 3.00 bits per heavy atom. The van der Waals surface area contributed by atoms with Crippen LogP contribution in [-0.2, 0) is 4.74 Å². The lowest BCUT2D eigenvalue weighted by Gasteiger charge is -2.32. The van der Waals surface area contributed by atoms with Gasteiger partial charge in [-0.15, -0.1) is 0 Å². The number of alkyl halides is 1. The minimum Gasteiger partial charge on any atom is -0.378 e. The summed E-state index contributed by atoms with van der Waals surface area (Å²) < 4.78 is 5.73. The normalized spacial score (nSPS) is 23.4. The Labute approximate surface area is 96.8 Å². The van der Waals surface area contributed by atoms with Crippen LogP contribution in [0.2, 0.25) is 0 Å². The molecule has 1 atom stereocenters. The lowest BCUT2D eigenvalue weighted by Crippen LogP contribution is -2.45. The van der Waals surface area contributed by atoms with Crippen LogP contribution in [0.3, 0.4) is 0 Å². The molecule has 1 fully saturated rings. The minimum atomic E-state index is 0.384. The van der Waals surface area contributed by atoms with Crippen molar-refractivity contribution in [1.29, 1.82) is 0 Å². The molecule has 1 unspecified atom stereocenters. The quantitative estimate of drug-likeness (QED) is 0.510. The number of pyridine rings is 1. The van der Waals surface area contributed by atoms with Gasteiger partial charge in [-0.3, -0.25) is 4.98 Å². The zero-order valence-electron chi connectivity index (χ0n) is 7.69. The van der Waals surface area contributed by atoms with Crippen LogP contribution < -0.4 is 5.43 Å². The number of ether oxygens (including phenoxy) is 1. The molecule has 2 heterocycles. The topological polar surface area (TPSA) is 37.4 Å². The fourth-order valence-corrected chi connectivity index (χ4v) is 1.96. The molecule has 1 aromatic rings. The maximum Gasteiger partial charge on any atom is 0.104 e. The fourth-order valence-electron chi connectivity index (χ4n) is 1.29. The van der Waals surface area contributed by atoms with E-state index in [1.165, 1.54) is 0 Å². The van der Waals surface area contributed by atoms with E-state index in [0.717, 1.165) is 25.4 Å². The third-order valence-corrected chi connectivity index (χ3v) is 3.06. The first kappa shape index (κ1) is 10.1. The molecule has 14 heavy (non-hydrogen) atoms. The number of morpholine rings is 1. The molecule has 0 amide bonds. The summed E-state index contributed by atoms with van der Waals surface area (Å²) in [6, 6.07) is 3.91. The van der Waals surface area contributed by atoms with Crippen molar-refractivity contribution >= 4 is 28.3 Å². The molecule has 76 valence electrons. The van der Waals surface area contributed by atoms with Crippen molar-refractivity contribution in [1.82, 2.24) is 9.99 Å². The molecule has 1 aliphatic rings. The van der Waals surface area contributed by atoms with Crippen molar-refractivity contribution in [2.45, 2.75) is 4.05 Å². The molecule has 1 N–H and O–H groups in total. The number of halogens is 1. The van der Waals surface area contributed by atoms with Crippen LogP contribution in [0.1, 0.15) is 0 Å². The van der Waals surface area contributed by atoms with Gasteiger partial charge in [-0.2, -0.15) is 0 Å². The summed E-state index contributed by atoms with van der Waals surface area (Å²) in [5.41, 5.74) is 4.41. The third kappa shape index (κ3) is 2.55. The van der Waals surface area contributed by atoms with E-state index in [1.807, 2.05) is 12.1 Å². The largest absolute Gasteiger partial charge is 0.378 e. The van der Waals surface area contributed by atoms with Crippen molar-refractivity contribution in [3.8, 4) is 0 Å². The second kappa shape index (κ2) is 4.90. The molecule has 0 radical (unpaired) electrons. The standard InChI is InChI=1S/C9H12IN3O/c10-9-7-14-6-5-13(9)12-8-1-3-11-4-2-8/h1-4,9H,5-7H2,(H,11,12). The third-order valence-electron chi connectivity index (χ3n) is 2.02. The van der Waals surface area contributed by atoms with Crippen molar-refractivity contribution in [3.63, 3.8) is 0 Å². The summed E-state index contributed by atoms with van der Waals surface area (Å²) in [6.45, 7) is 2.48. The van der Waals surface area contributed by atoms with E-state index in [0.29, 0.717) is 4.05 Å². The van der Waals surface area contributed by atoms with Crippen molar-refractivity contribution in [3.05, 3.63) is 24.5 Å². The summed E-state index contributed by atoms with van der Waals surface area (Å²) in [7, 11) is 0. The first-order chi connectivity index (χ1) is 6.86. The number of nitrogens with one attached hydrogen (secondary N) is 1. The first-order valence-electron chi connectivity index (χ1n) is 4.51.